The summed E-state index contributed by atoms with van der Waals surface area (Å²) in [6.45, 7) is 14.0. The molecule has 0 aliphatic heterocycles. The molecule has 0 saturated carbocycles. The maximum atomic E-state index is 2.53. The van der Waals surface area contributed by atoms with E-state index >= 15 is 0 Å². The topological polar surface area (TPSA) is 8.17 Å². The molecular formula is C60H50N2S. The number of anilines is 3. The van der Waals surface area contributed by atoms with E-state index in [-0.39, 0.29) is 10.8 Å². The molecule has 2 aromatic heterocycles. The Morgan fingerprint density at radius 3 is 1.76 bits per heavy atom. The van der Waals surface area contributed by atoms with Gasteiger partial charge in [-0.05, 0) is 104 Å². The molecule has 0 spiro atoms. The molecule has 63 heavy (non-hydrogen) atoms. The highest BCUT2D eigenvalue weighted by atomic mass is 32.1. The second-order valence-electron chi connectivity index (χ2n) is 19.0. The number of para-hydroxylation sites is 3. The van der Waals surface area contributed by atoms with E-state index < -0.39 is 0 Å². The number of aromatic nitrogens is 1. The van der Waals surface area contributed by atoms with Crippen molar-refractivity contribution < 1.29 is 0 Å². The minimum Gasteiger partial charge on any atom is -0.309 e. The number of hydrogen-bond acceptors (Lipinski definition) is 2. The Kier molecular flexibility index (Phi) is 9.19. The van der Waals surface area contributed by atoms with Gasteiger partial charge in [0.25, 0.3) is 0 Å². The molecule has 3 heteroatoms. The average molecular weight is 831 g/mol. The van der Waals surface area contributed by atoms with Gasteiger partial charge in [0.1, 0.15) is 0 Å². The molecule has 0 atom stereocenters. The van der Waals surface area contributed by atoms with Crippen LogP contribution in [0, 0.1) is 0 Å². The van der Waals surface area contributed by atoms with Gasteiger partial charge in [-0.2, -0.15) is 0 Å². The predicted octanol–water partition coefficient (Wildman–Crippen LogP) is 17.7. The molecule has 2 nitrogen and oxygen atoms in total. The molecule has 9 aromatic carbocycles. The Morgan fingerprint density at radius 1 is 0.413 bits per heavy atom. The van der Waals surface area contributed by atoms with E-state index in [0.29, 0.717) is 0 Å². The van der Waals surface area contributed by atoms with Crippen LogP contribution in [-0.4, -0.2) is 4.57 Å². The second-order valence-corrected chi connectivity index (χ2v) is 20.1. The zero-order chi connectivity index (χ0) is 43.0. The van der Waals surface area contributed by atoms with Gasteiger partial charge < -0.3 is 9.47 Å². The van der Waals surface area contributed by atoms with Gasteiger partial charge in [0, 0.05) is 47.9 Å². The van der Waals surface area contributed by atoms with Gasteiger partial charge in [-0.1, -0.05) is 181 Å². The molecule has 0 radical (unpaired) electrons. The van der Waals surface area contributed by atoms with Crippen molar-refractivity contribution in [2.45, 2.75) is 52.4 Å². The van der Waals surface area contributed by atoms with E-state index in [2.05, 4.69) is 245 Å². The number of benzene rings is 9. The summed E-state index contributed by atoms with van der Waals surface area (Å²) in [5, 5.41) is 7.51. The molecule has 2 heterocycles. The van der Waals surface area contributed by atoms with Crippen LogP contribution in [-0.2, 0) is 10.8 Å². The first-order valence-electron chi connectivity index (χ1n) is 22.1. The number of thiophene rings is 1. The van der Waals surface area contributed by atoms with Crippen molar-refractivity contribution in [3.63, 3.8) is 0 Å². The maximum absolute atomic E-state index is 2.53. The van der Waals surface area contributed by atoms with Gasteiger partial charge in [-0.25, -0.2) is 0 Å². The van der Waals surface area contributed by atoms with E-state index in [1.54, 1.807) is 0 Å². The Bertz CT molecular complexity index is 3500. The Labute approximate surface area is 374 Å². The van der Waals surface area contributed by atoms with Crippen molar-refractivity contribution in [3.05, 3.63) is 205 Å². The number of hydrogen-bond donors (Lipinski definition) is 0. The minimum absolute atomic E-state index is 0.00328. The van der Waals surface area contributed by atoms with E-state index in [1.807, 2.05) is 11.3 Å². The van der Waals surface area contributed by atoms with Crippen LogP contribution in [0.4, 0.5) is 17.1 Å². The summed E-state index contributed by atoms with van der Waals surface area (Å²) >= 11 is 1.87. The van der Waals surface area contributed by atoms with Gasteiger partial charge >= 0.3 is 0 Å². The zero-order valence-corrected chi connectivity index (χ0v) is 37.6. The largest absolute Gasteiger partial charge is 0.309 e. The fourth-order valence-electron chi connectivity index (χ4n) is 9.65. The summed E-state index contributed by atoms with van der Waals surface area (Å²) in [6.07, 6.45) is 0. The van der Waals surface area contributed by atoms with Crippen molar-refractivity contribution in [1.29, 1.82) is 0 Å². The molecule has 306 valence electrons. The monoisotopic (exact) mass is 830 g/mol. The van der Waals surface area contributed by atoms with Gasteiger partial charge in [-0.3, -0.25) is 0 Å². The third kappa shape index (κ3) is 6.62. The van der Waals surface area contributed by atoms with Crippen LogP contribution < -0.4 is 4.90 Å². The first-order valence-corrected chi connectivity index (χ1v) is 22.9. The van der Waals surface area contributed by atoms with Crippen molar-refractivity contribution in [3.8, 4) is 27.9 Å². The van der Waals surface area contributed by atoms with E-state index in [0.717, 1.165) is 22.7 Å². The predicted molar refractivity (Wildman–Crippen MR) is 274 cm³/mol. The molecule has 0 fully saturated rings. The Hall–Kier alpha value is -6.94. The SMILES string of the molecule is CC(C)(C)c1cc(-c2cccc3cccc(-c4ccccc4N(c4ccc5c6ccccc6n(-c6ccccc6)c5c4)c4cccc5sc6ccccc6c45)c23)cc(C(C)(C)C)c1. The van der Waals surface area contributed by atoms with Crippen LogP contribution in [0.2, 0.25) is 0 Å². The molecule has 0 amide bonds. The lowest BCUT2D eigenvalue weighted by atomic mass is 9.78. The molecule has 0 aliphatic rings. The van der Waals surface area contributed by atoms with Crippen LogP contribution in [0.1, 0.15) is 52.7 Å². The van der Waals surface area contributed by atoms with Gasteiger partial charge in [0.2, 0.25) is 0 Å². The van der Waals surface area contributed by atoms with E-state index in [9.17, 15) is 0 Å². The molecule has 0 unspecified atom stereocenters. The number of rotatable bonds is 6. The van der Waals surface area contributed by atoms with E-state index in [1.165, 1.54) is 86.1 Å². The normalized spacial score (nSPS) is 12.3. The summed E-state index contributed by atoms with van der Waals surface area (Å²) in [4.78, 5) is 2.53. The summed E-state index contributed by atoms with van der Waals surface area (Å²) < 4.78 is 4.99. The fraction of sp³-hybridized carbons (Fsp3) is 0.133. The van der Waals surface area contributed by atoms with Gasteiger partial charge in [-0.15, -0.1) is 11.3 Å². The average Bonchev–Trinajstić information content (AvgIpc) is 3.84. The summed E-state index contributed by atoms with van der Waals surface area (Å²) in [5.41, 5.74) is 14.5. The molecule has 11 aromatic rings. The summed E-state index contributed by atoms with van der Waals surface area (Å²) in [7, 11) is 0. The molecule has 11 rings (SSSR count). The Morgan fingerprint density at radius 2 is 1.00 bits per heavy atom. The smallest absolute Gasteiger partial charge is 0.0561 e. The lowest BCUT2D eigenvalue weighted by Crippen LogP contribution is -2.16. The van der Waals surface area contributed by atoms with Crippen molar-refractivity contribution in [2.75, 3.05) is 4.90 Å². The summed E-state index contributed by atoms with van der Waals surface area (Å²) in [6, 6.07) is 72.3. The lowest BCUT2D eigenvalue weighted by Gasteiger charge is -2.29. The van der Waals surface area contributed by atoms with Crippen molar-refractivity contribution >= 4 is 81.1 Å². The van der Waals surface area contributed by atoms with Crippen LogP contribution >= 0.6 is 11.3 Å². The second kappa shape index (κ2) is 14.9. The Balaban J connectivity index is 1.21. The molecule has 0 saturated heterocycles. The van der Waals surface area contributed by atoms with E-state index in [4.69, 9.17) is 0 Å². The van der Waals surface area contributed by atoms with Gasteiger partial charge in [0.15, 0.2) is 0 Å². The van der Waals surface area contributed by atoms with Crippen molar-refractivity contribution in [2.24, 2.45) is 0 Å². The molecule has 0 aliphatic carbocycles. The third-order valence-electron chi connectivity index (χ3n) is 12.9. The highest BCUT2D eigenvalue weighted by Gasteiger charge is 2.26. The number of fused-ring (bicyclic) bond motifs is 7. The standard InChI is InChI=1S/C60H50N2S/c1-59(2,3)41-35-40(36-42(37-41)60(4,5)6)45-26-16-19-39-20-17-27-49(57(39)45)47-24-11-14-29-52(47)62(53-30-18-32-56-58(53)50-25-12-15-31-55(50)63-56)44-33-34-48-46-23-10-13-28-51(46)61(54(48)38-44)43-21-8-7-9-22-43/h7-38H,1-6H3. The summed E-state index contributed by atoms with van der Waals surface area (Å²) in [5.74, 6) is 0. The highest BCUT2D eigenvalue weighted by molar-refractivity contribution is 7.26. The highest BCUT2D eigenvalue weighted by Crippen LogP contribution is 2.50. The first kappa shape index (κ1) is 38.9. The molecule has 0 bridgehead atoms. The van der Waals surface area contributed by atoms with Crippen LogP contribution in [0.15, 0.2) is 194 Å². The fourth-order valence-corrected chi connectivity index (χ4v) is 10.8. The first-order chi connectivity index (χ1) is 30.5. The van der Waals surface area contributed by atoms with Crippen LogP contribution in [0.3, 0.4) is 0 Å². The maximum Gasteiger partial charge on any atom is 0.0561 e. The number of nitrogens with zero attached hydrogens (tertiary/aromatic N) is 2. The molecule has 0 N–H and O–H groups in total. The van der Waals surface area contributed by atoms with Crippen LogP contribution in [0.25, 0.3) is 80.7 Å². The van der Waals surface area contributed by atoms with Crippen molar-refractivity contribution in [1.82, 2.24) is 4.57 Å². The minimum atomic E-state index is -0.00328. The lowest BCUT2D eigenvalue weighted by molar-refractivity contribution is 0.569. The quantitative estimate of drug-likeness (QED) is 0.162. The van der Waals surface area contributed by atoms with Crippen LogP contribution in [0.5, 0.6) is 0 Å². The molecular weight excluding hydrogens is 781 g/mol. The van der Waals surface area contributed by atoms with Gasteiger partial charge in [0.05, 0.1) is 22.4 Å². The third-order valence-corrected chi connectivity index (χ3v) is 14.0. The zero-order valence-electron chi connectivity index (χ0n) is 36.8.